The summed E-state index contributed by atoms with van der Waals surface area (Å²) in [6.45, 7) is 18.8. The molecule has 0 aromatic heterocycles. The lowest BCUT2D eigenvalue weighted by Crippen LogP contribution is -2.20. The molecule has 0 amide bonds. The molecule has 0 saturated heterocycles. The summed E-state index contributed by atoms with van der Waals surface area (Å²) in [5.41, 5.74) is 3.86. The number of allylic oxidation sites excluding steroid dienone is 3. The number of nitrogens with zero attached hydrogens (tertiary/aromatic N) is 1. The quantitative estimate of drug-likeness (QED) is 0.316. The highest BCUT2D eigenvalue weighted by molar-refractivity contribution is 6.05. The number of nitrogens with one attached hydrogen (secondary N) is 1. The van der Waals surface area contributed by atoms with Gasteiger partial charge < -0.3 is 5.43 Å². The van der Waals surface area contributed by atoms with Crippen LogP contribution in [0.1, 0.15) is 87.9 Å². The van der Waals surface area contributed by atoms with Crippen LogP contribution in [0.25, 0.3) is 11.1 Å². The van der Waals surface area contributed by atoms with Gasteiger partial charge in [0.05, 0.1) is 17.2 Å². The van der Waals surface area contributed by atoms with Gasteiger partial charge in [-0.1, -0.05) is 54.2 Å². The van der Waals surface area contributed by atoms with Crippen molar-refractivity contribution in [3.63, 3.8) is 0 Å². The van der Waals surface area contributed by atoms with Crippen LogP contribution >= 0.6 is 0 Å². The standard InChI is InChI=1S/C25H25F5N2.2C2H6/c1-6-16-9-20(26)23(21(27)10-16)15(5)18(7-2)22-13(3)8-17(25(28,29)30)11-19(22)24-14(4)12-31-32-24;2*1-2/h7-12,14,24,32H,5-6H2,1-4H3;2*1-2H3/b18-7-;;. The number of rotatable bonds is 5. The molecule has 198 valence electrons. The van der Waals surface area contributed by atoms with E-state index in [2.05, 4.69) is 17.1 Å². The Bertz CT molecular complexity index is 1090. The SMILES string of the molecule is C=C(/C(=C/C)c1c(C)cc(C(F)(F)F)cc1C1NN=CC1C)c1c(F)cc(CC)cc1F.CC.CC. The van der Waals surface area contributed by atoms with Crippen LogP contribution in [-0.2, 0) is 12.6 Å². The van der Waals surface area contributed by atoms with E-state index >= 15 is 0 Å². The molecule has 36 heavy (non-hydrogen) atoms. The molecule has 1 heterocycles. The summed E-state index contributed by atoms with van der Waals surface area (Å²) in [4.78, 5) is 0. The predicted molar refractivity (Wildman–Crippen MR) is 141 cm³/mol. The van der Waals surface area contributed by atoms with Gasteiger partial charge in [0, 0.05) is 12.1 Å². The molecule has 0 spiro atoms. The Labute approximate surface area is 212 Å². The number of hydrogen-bond acceptors (Lipinski definition) is 2. The molecule has 0 fully saturated rings. The van der Waals surface area contributed by atoms with Gasteiger partial charge in [-0.25, -0.2) is 8.78 Å². The van der Waals surface area contributed by atoms with Crippen molar-refractivity contribution in [2.24, 2.45) is 11.0 Å². The van der Waals surface area contributed by atoms with E-state index in [-0.39, 0.29) is 17.1 Å². The summed E-state index contributed by atoms with van der Waals surface area (Å²) in [7, 11) is 0. The Morgan fingerprint density at radius 2 is 1.58 bits per heavy atom. The van der Waals surface area contributed by atoms with Crippen LogP contribution in [0.5, 0.6) is 0 Å². The van der Waals surface area contributed by atoms with E-state index in [0.29, 0.717) is 34.2 Å². The topological polar surface area (TPSA) is 24.4 Å². The third kappa shape index (κ3) is 6.62. The Morgan fingerprint density at radius 3 is 2.00 bits per heavy atom. The lowest BCUT2D eigenvalue weighted by atomic mass is 9.82. The first-order valence-electron chi connectivity index (χ1n) is 12.3. The van der Waals surface area contributed by atoms with Crippen molar-refractivity contribution < 1.29 is 22.0 Å². The van der Waals surface area contributed by atoms with Crippen molar-refractivity contribution in [3.8, 4) is 0 Å². The van der Waals surface area contributed by atoms with Crippen molar-refractivity contribution in [1.29, 1.82) is 0 Å². The maximum Gasteiger partial charge on any atom is 0.416 e. The van der Waals surface area contributed by atoms with Crippen molar-refractivity contribution >= 4 is 17.4 Å². The molecule has 0 aliphatic carbocycles. The fraction of sp³-hybridized carbons (Fsp3) is 0.414. The van der Waals surface area contributed by atoms with E-state index < -0.39 is 29.4 Å². The average molecular weight is 509 g/mol. The number of aryl methyl sites for hydroxylation is 2. The second-order valence-corrected chi connectivity index (χ2v) is 7.97. The molecule has 1 aliphatic rings. The van der Waals surface area contributed by atoms with Gasteiger partial charge in [-0.3, -0.25) is 0 Å². The first-order chi connectivity index (χ1) is 17.0. The van der Waals surface area contributed by atoms with Crippen LogP contribution in [0.2, 0.25) is 0 Å². The summed E-state index contributed by atoms with van der Waals surface area (Å²) in [6, 6.07) is 4.11. The Morgan fingerprint density at radius 1 is 1.03 bits per heavy atom. The van der Waals surface area contributed by atoms with Gasteiger partial charge in [0.15, 0.2) is 0 Å². The Hall–Kier alpha value is -2.96. The summed E-state index contributed by atoms with van der Waals surface area (Å²) in [6.07, 6.45) is -0.835. The number of benzene rings is 2. The van der Waals surface area contributed by atoms with Crippen molar-refractivity contribution in [2.45, 2.75) is 74.0 Å². The molecule has 3 rings (SSSR count). The minimum atomic E-state index is -4.54. The molecule has 0 bridgehead atoms. The van der Waals surface area contributed by atoms with Gasteiger partial charge in [-0.15, -0.1) is 0 Å². The molecule has 2 aromatic carbocycles. The average Bonchev–Trinajstić information content (AvgIpc) is 3.27. The van der Waals surface area contributed by atoms with E-state index in [1.165, 1.54) is 12.1 Å². The van der Waals surface area contributed by atoms with Crippen LogP contribution < -0.4 is 5.43 Å². The van der Waals surface area contributed by atoms with Crippen LogP contribution in [-0.4, -0.2) is 6.21 Å². The maximum atomic E-state index is 14.8. The van der Waals surface area contributed by atoms with Crippen LogP contribution in [0.4, 0.5) is 22.0 Å². The van der Waals surface area contributed by atoms with Crippen molar-refractivity contribution in [1.82, 2.24) is 5.43 Å². The zero-order chi connectivity index (χ0) is 27.8. The van der Waals surface area contributed by atoms with Gasteiger partial charge in [0.1, 0.15) is 11.6 Å². The second kappa shape index (κ2) is 13.4. The first-order valence-corrected chi connectivity index (χ1v) is 12.3. The highest BCUT2D eigenvalue weighted by atomic mass is 19.4. The summed E-state index contributed by atoms with van der Waals surface area (Å²) >= 11 is 0. The largest absolute Gasteiger partial charge is 0.416 e. The molecular weight excluding hydrogens is 471 g/mol. The Kier molecular flexibility index (Phi) is 11.5. The normalized spacial score (nSPS) is 17.0. The first kappa shape index (κ1) is 31.1. The third-order valence-corrected chi connectivity index (χ3v) is 5.77. The maximum absolute atomic E-state index is 14.8. The van der Waals surface area contributed by atoms with Gasteiger partial charge in [0.25, 0.3) is 0 Å². The van der Waals surface area contributed by atoms with E-state index in [1.54, 1.807) is 33.1 Å². The zero-order valence-corrected chi connectivity index (χ0v) is 22.4. The van der Waals surface area contributed by atoms with E-state index in [1.807, 2.05) is 34.6 Å². The number of alkyl halides is 3. The summed E-state index contributed by atoms with van der Waals surface area (Å²) in [5, 5.41) is 4.00. The van der Waals surface area contributed by atoms with Gasteiger partial charge in [-0.2, -0.15) is 18.3 Å². The highest BCUT2D eigenvalue weighted by Gasteiger charge is 2.35. The van der Waals surface area contributed by atoms with Crippen LogP contribution in [0, 0.1) is 24.5 Å². The fourth-order valence-corrected chi connectivity index (χ4v) is 4.11. The molecule has 2 unspecified atom stereocenters. The van der Waals surface area contributed by atoms with E-state index in [4.69, 9.17) is 0 Å². The fourth-order valence-electron chi connectivity index (χ4n) is 4.11. The summed E-state index contributed by atoms with van der Waals surface area (Å²) < 4.78 is 70.4. The minimum absolute atomic E-state index is 0.0702. The molecule has 2 atom stereocenters. The molecule has 0 saturated carbocycles. The smallest absolute Gasteiger partial charge is 0.302 e. The number of hydrogen-bond donors (Lipinski definition) is 1. The molecule has 1 aliphatic heterocycles. The minimum Gasteiger partial charge on any atom is -0.302 e. The molecule has 1 N–H and O–H groups in total. The Balaban J connectivity index is 0.00000154. The molecule has 7 heteroatoms. The second-order valence-electron chi connectivity index (χ2n) is 7.97. The number of hydrazone groups is 1. The molecular formula is C29H37F5N2. The van der Waals surface area contributed by atoms with Gasteiger partial charge in [0.2, 0.25) is 0 Å². The van der Waals surface area contributed by atoms with E-state index in [0.717, 1.165) is 12.1 Å². The number of halogens is 5. The van der Waals surface area contributed by atoms with Gasteiger partial charge >= 0.3 is 6.18 Å². The van der Waals surface area contributed by atoms with Crippen LogP contribution in [0.3, 0.4) is 0 Å². The molecule has 2 aromatic rings. The summed E-state index contributed by atoms with van der Waals surface area (Å²) in [5.74, 6) is -1.69. The zero-order valence-electron chi connectivity index (χ0n) is 22.4. The van der Waals surface area contributed by atoms with Crippen molar-refractivity contribution in [3.05, 3.63) is 81.9 Å². The third-order valence-electron chi connectivity index (χ3n) is 5.77. The highest BCUT2D eigenvalue weighted by Crippen LogP contribution is 2.42. The molecule has 0 radical (unpaired) electrons. The van der Waals surface area contributed by atoms with Crippen molar-refractivity contribution in [2.75, 3.05) is 0 Å². The van der Waals surface area contributed by atoms with E-state index in [9.17, 15) is 22.0 Å². The monoisotopic (exact) mass is 508 g/mol. The predicted octanol–water partition coefficient (Wildman–Crippen LogP) is 9.29. The lowest BCUT2D eigenvalue weighted by molar-refractivity contribution is -0.137. The lowest BCUT2D eigenvalue weighted by Gasteiger charge is -2.25. The van der Waals surface area contributed by atoms with Gasteiger partial charge in [-0.05, 0) is 77.9 Å². The van der Waals surface area contributed by atoms with Crippen LogP contribution in [0.15, 0.2) is 42.0 Å². The molecule has 2 nitrogen and oxygen atoms in total.